The lowest BCUT2D eigenvalue weighted by atomic mass is 10.1. The van der Waals surface area contributed by atoms with E-state index in [0.29, 0.717) is 25.1 Å². The number of sulfonamides is 1. The van der Waals surface area contributed by atoms with Crippen LogP contribution in [0.1, 0.15) is 30.4 Å². The van der Waals surface area contributed by atoms with Gasteiger partial charge in [-0.25, -0.2) is 8.42 Å². The molecule has 0 fully saturated rings. The third kappa shape index (κ3) is 7.77. The van der Waals surface area contributed by atoms with Gasteiger partial charge in [0, 0.05) is 19.5 Å². The van der Waals surface area contributed by atoms with Gasteiger partial charge in [-0.15, -0.1) is 0 Å². The molecular weight excluding hydrogens is 388 g/mol. The van der Waals surface area contributed by atoms with Gasteiger partial charge in [-0.1, -0.05) is 24.3 Å². The minimum absolute atomic E-state index is 0.0579. The van der Waals surface area contributed by atoms with E-state index in [0.717, 1.165) is 24.2 Å². The van der Waals surface area contributed by atoms with E-state index < -0.39 is 10.0 Å². The van der Waals surface area contributed by atoms with Crippen LogP contribution in [0, 0.1) is 6.92 Å². The second kappa shape index (κ2) is 10.9. The summed E-state index contributed by atoms with van der Waals surface area (Å²) < 4.78 is 30.7. The van der Waals surface area contributed by atoms with Crippen LogP contribution >= 0.6 is 0 Å². The molecule has 0 saturated carbocycles. The van der Waals surface area contributed by atoms with Crippen LogP contribution in [0.4, 0.5) is 5.69 Å². The van der Waals surface area contributed by atoms with E-state index in [9.17, 15) is 13.2 Å². The predicted octanol–water partition coefficient (Wildman–Crippen LogP) is 3.30. The summed E-state index contributed by atoms with van der Waals surface area (Å²) >= 11 is 0. The highest BCUT2D eigenvalue weighted by atomic mass is 32.2. The first-order valence-electron chi connectivity index (χ1n) is 9.73. The molecule has 0 radical (unpaired) electrons. The predicted molar refractivity (Wildman–Crippen MR) is 117 cm³/mol. The molecule has 1 N–H and O–H groups in total. The number of amides is 1. The summed E-state index contributed by atoms with van der Waals surface area (Å²) in [6.45, 7) is 2.80. The number of anilines is 1. The molecular formula is C22H30N2O4S. The van der Waals surface area contributed by atoms with Crippen molar-refractivity contribution in [3.05, 3.63) is 59.7 Å². The molecule has 0 aliphatic rings. The van der Waals surface area contributed by atoms with Crippen LogP contribution in [-0.2, 0) is 21.2 Å². The lowest BCUT2D eigenvalue weighted by molar-refractivity contribution is -0.121. The van der Waals surface area contributed by atoms with E-state index in [1.165, 1.54) is 16.1 Å². The number of carbonyl (C=O) groups excluding carboxylic acids is 1. The number of carbonyl (C=O) groups is 1. The van der Waals surface area contributed by atoms with Crippen LogP contribution < -0.4 is 14.4 Å². The Morgan fingerprint density at radius 3 is 2.45 bits per heavy atom. The van der Waals surface area contributed by atoms with E-state index >= 15 is 0 Å². The summed E-state index contributed by atoms with van der Waals surface area (Å²) in [6.07, 6.45) is 3.66. The number of methoxy groups -OCH3 is 1. The molecule has 0 atom stereocenters. The van der Waals surface area contributed by atoms with Crippen molar-refractivity contribution < 1.29 is 17.9 Å². The van der Waals surface area contributed by atoms with Gasteiger partial charge in [0.15, 0.2) is 0 Å². The van der Waals surface area contributed by atoms with Crippen molar-refractivity contribution in [3.8, 4) is 5.75 Å². The van der Waals surface area contributed by atoms with E-state index in [1.54, 1.807) is 13.2 Å². The van der Waals surface area contributed by atoms with E-state index in [2.05, 4.69) is 5.32 Å². The zero-order valence-electron chi connectivity index (χ0n) is 17.3. The Hall–Kier alpha value is -2.54. The smallest absolute Gasteiger partial charge is 0.232 e. The molecule has 158 valence electrons. The summed E-state index contributed by atoms with van der Waals surface area (Å²) in [5.74, 6) is 0.772. The van der Waals surface area contributed by atoms with E-state index in [1.807, 2.05) is 49.4 Å². The normalized spacial score (nSPS) is 11.1. The first-order chi connectivity index (χ1) is 13.8. The molecule has 1 amide bonds. The molecule has 0 aromatic heterocycles. The van der Waals surface area contributed by atoms with Crippen LogP contribution in [0.15, 0.2) is 48.5 Å². The van der Waals surface area contributed by atoms with Crippen molar-refractivity contribution >= 4 is 21.6 Å². The molecule has 29 heavy (non-hydrogen) atoms. The van der Waals surface area contributed by atoms with Gasteiger partial charge in [-0.2, -0.15) is 0 Å². The molecule has 0 aliphatic heterocycles. The van der Waals surface area contributed by atoms with Crippen LogP contribution in [0.5, 0.6) is 5.75 Å². The number of ether oxygens (including phenoxy) is 1. The maximum absolute atomic E-state index is 12.1. The number of nitrogens with one attached hydrogen (secondary N) is 1. The Morgan fingerprint density at radius 1 is 1.10 bits per heavy atom. The van der Waals surface area contributed by atoms with Gasteiger partial charge in [0.25, 0.3) is 0 Å². The van der Waals surface area contributed by atoms with E-state index in [4.69, 9.17) is 4.74 Å². The molecule has 0 spiro atoms. The highest BCUT2D eigenvalue weighted by Crippen LogP contribution is 2.19. The summed E-state index contributed by atoms with van der Waals surface area (Å²) in [6, 6.07) is 15.2. The van der Waals surface area contributed by atoms with Crippen LogP contribution in [0.3, 0.4) is 0 Å². The monoisotopic (exact) mass is 418 g/mol. The fourth-order valence-corrected chi connectivity index (χ4v) is 4.01. The number of aryl methyl sites for hydroxylation is 2. The summed E-state index contributed by atoms with van der Waals surface area (Å²) in [7, 11) is -1.76. The topological polar surface area (TPSA) is 75.7 Å². The number of rotatable bonds is 11. The van der Waals surface area contributed by atoms with Crippen LogP contribution in [-0.4, -0.2) is 40.8 Å². The first kappa shape index (κ1) is 22.7. The Labute approximate surface area is 173 Å². The number of benzene rings is 2. The third-order valence-electron chi connectivity index (χ3n) is 4.58. The fraction of sp³-hybridized carbons (Fsp3) is 0.409. The Kier molecular flexibility index (Phi) is 8.51. The lowest BCUT2D eigenvalue weighted by Crippen LogP contribution is -2.32. The largest absolute Gasteiger partial charge is 0.497 e. The fourth-order valence-electron chi connectivity index (χ4n) is 3.05. The molecule has 2 aromatic carbocycles. The van der Waals surface area contributed by atoms with Gasteiger partial charge in [0.2, 0.25) is 15.9 Å². The lowest BCUT2D eigenvalue weighted by Gasteiger charge is -2.22. The summed E-state index contributed by atoms with van der Waals surface area (Å²) in [5.41, 5.74) is 2.82. The highest BCUT2D eigenvalue weighted by Gasteiger charge is 2.17. The maximum atomic E-state index is 12.1. The Bertz CT molecular complexity index is 895. The SMILES string of the molecule is COc1ccc(CCCNC(=O)CCCN(c2cccc(C)c2)S(C)(=O)=O)cc1. The molecule has 0 unspecified atom stereocenters. The summed E-state index contributed by atoms with van der Waals surface area (Å²) in [5, 5.41) is 2.91. The molecule has 0 heterocycles. The van der Waals surface area contributed by atoms with E-state index in [-0.39, 0.29) is 12.5 Å². The highest BCUT2D eigenvalue weighted by molar-refractivity contribution is 7.92. The van der Waals surface area contributed by atoms with Gasteiger partial charge in [0.05, 0.1) is 19.1 Å². The van der Waals surface area contributed by atoms with Crippen molar-refractivity contribution in [2.24, 2.45) is 0 Å². The number of hydrogen-bond acceptors (Lipinski definition) is 4. The van der Waals surface area contributed by atoms with Crippen molar-refractivity contribution in [3.63, 3.8) is 0 Å². The molecule has 0 bridgehead atoms. The van der Waals surface area contributed by atoms with Gasteiger partial charge >= 0.3 is 0 Å². The van der Waals surface area contributed by atoms with Crippen molar-refractivity contribution in [1.82, 2.24) is 5.32 Å². The number of nitrogens with zero attached hydrogens (tertiary/aromatic N) is 1. The first-order valence-corrected chi connectivity index (χ1v) is 11.6. The standard InChI is InChI=1S/C22H30N2O4S/c1-18-7-4-9-20(17-18)24(29(3,26)27)16-6-10-22(25)23-15-5-8-19-11-13-21(28-2)14-12-19/h4,7,9,11-14,17H,5-6,8,10,15-16H2,1-3H3,(H,23,25). The molecule has 2 aromatic rings. The molecule has 0 aliphatic carbocycles. The van der Waals surface area contributed by atoms with Gasteiger partial charge < -0.3 is 10.1 Å². The number of hydrogen-bond donors (Lipinski definition) is 1. The summed E-state index contributed by atoms with van der Waals surface area (Å²) in [4.78, 5) is 12.1. The van der Waals surface area contributed by atoms with Crippen molar-refractivity contribution in [2.45, 2.75) is 32.6 Å². The zero-order valence-corrected chi connectivity index (χ0v) is 18.2. The molecule has 7 heteroatoms. The molecule has 2 rings (SSSR count). The quantitative estimate of drug-likeness (QED) is 0.568. The Balaban J connectivity index is 1.73. The van der Waals surface area contributed by atoms with Crippen LogP contribution in [0.25, 0.3) is 0 Å². The molecule has 6 nitrogen and oxygen atoms in total. The Morgan fingerprint density at radius 2 is 1.83 bits per heavy atom. The zero-order chi connectivity index (χ0) is 21.3. The van der Waals surface area contributed by atoms with Gasteiger partial charge in [-0.05, 0) is 61.6 Å². The van der Waals surface area contributed by atoms with Crippen LogP contribution in [0.2, 0.25) is 0 Å². The third-order valence-corrected chi connectivity index (χ3v) is 5.77. The average Bonchev–Trinajstić information content (AvgIpc) is 2.68. The molecule has 0 saturated heterocycles. The van der Waals surface area contributed by atoms with Gasteiger partial charge in [-0.3, -0.25) is 9.10 Å². The second-order valence-electron chi connectivity index (χ2n) is 7.08. The van der Waals surface area contributed by atoms with Crippen molar-refractivity contribution in [2.75, 3.05) is 30.8 Å². The second-order valence-corrected chi connectivity index (χ2v) is 8.99. The minimum Gasteiger partial charge on any atom is -0.497 e. The minimum atomic E-state index is -3.40. The average molecular weight is 419 g/mol. The maximum Gasteiger partial charge on any atom is 0.232 e. The van der Waals surface area contributed by atoms with Crippen molar-refractivity contribution in [1.29, 1.82) is 0 Å². The van der Waals surface area contributed by atoms with Gasteiger partial charge in [0.1, 0.15) is 5.75 Å².